The summed E-state index contributed by atoms with van der Waals surface area (Å²) in [4.78, 5) is 10.5. The SMILES string of the molecule is CC1(c2cc(OCC(=O)O)ccc2O)CCCCC1. The molecular weight excluding hydrogens is 244 g/mol. The molecule has 0 spiro atoms. The van der Waals surface area contributed by atoms with Crippen LogP contribution in [0.3, 0.4) is 0 Å². The molecule has 0 unspecified atom stereocenters. The Hall–Kier alpha value is -1.71. The van der Waals surface area contributed by atoms with Gasteiger partial charge in [-0.15, -0.1) is 0 Å². The van der Waals surface area contributed by atoms with Crippen LogP contribution in [0.15, 0.2) is 18.2 Å². The number of ether oxygens (including phenoxy) is 1. The van der Waals surface area contributed by atoms with Gasteiger partial charge in [-0.1, -0.05) is 26.2 Å². The topological polar surface area (TPSA) is 66.8 Å². The van der Waals surface area contributed by atoms with Crippen LogP contribution in [0, 0.1) is 0 Å². The van der Waals surface area contributed by atoms with Gasteiger partial charge in [0, 0.05) is 5.56 Å². The molecule has 4 nitrogen and oxygen atoms in total. The smallest absolute Gasteiger partial charge is 0.341 e. The summed E-state index contributed by atoms with van der Waals surface area (Å²) in [6, 6.07) is 4.98. The molecule has 0 aromatic heterocycles. The minimum atomic E-state index is -1.00. The standard InChI is InChI=1S/C15H20O4/c1-15(7-3-2-4-8-15)12-9-11(5-6-13(12)16)19-10-14(17)18/h5-6,9,16H,2-4,7-8,10H2,1H3,(H,17,18). The Bertz CT molecular complexity index is 461. The largest absolute Gasteiger partial charge is 0.508 e. The molecule has 4 heteroatoms. The molecule has 1 aliphatic carbocycles. The first-order chi connectivity index (χ1) is 9.01. The molecule has 1 saturated carbocycles. The van der Waals surface area contributed by atoms with Crippen molar-refractivity contribution >= 4 is 5.97 Å². The fourth-order valence-corrected chi connectivity index (χ4v) is 2.83. The van der Waals surface area contributed by atoms with Crippen LogP contribution in [-0.2, 0) is 10.2 Å². The van der Waals surface area contributed by atoms with Crippen molar-refractivity contribution in [1.82, 2.24) is 0 Å². The number of carboxylic acid groups (broad SMARTS) is 1. The number of phenolic OH excluding ortho intramolecular Hbond substituents is 1. The molecule has 0 radical (unpaired) electrons. The highest BCUT2D eigenvalue weighted by atomic mass is 16.5. The van der Waals surface area contributed by atoms with Gasteiger partial charge in [0.05, 0.1) is 0 Å². The Morgan fingerprint density at radius 3 is 2.63 bits per heavy atom. The monoisotopic (exact) mass is 264 g/mol. The maximum atomic E-state index is 10.5. The van der Waals surface area contributed by atoms with Crippen molar-refractivity contribution in [3.05, 3.63) is 23.8 Å². The van der Waals surface area contributed by atoms with Crippen LogP contribution in [0.2, 0.25) is 0 Å². The van der Waals surface area contributed by atoms with E-state index < -0.39 is 5.97 Å². The van der Waals surface area contributed by atoms with E-state index in [2.05, 4.69) is 6.92 Å². The van der Waals surface area contributed by atoms with Gasteiger partial charge in [-0.25, -0.2) is 4.79 Å². The summed E-state index contributed by atoms with van der Waals surface area (Å²) in [6.07, 6.45) is 5.66. The molecule has 1 aromatic rings. The van der Waals surface area contributed by atoms with E-state index in [1.807, 2.05) is 0 Å². The van der Waals surface area contributed by atoms with Crippen LogP contribution >= 0.6 is 0 Å². The number of hydrogen-bond donors (Lipinski definition) is 2. The van der Waals surface area contributed by atoms with E-state index in [0.29, 0.717) is 5.75 Å². The number of aromatic hydroxyl groups is 1. The number of aliphatic carboxylic acids is 1. The molecule has 2 N–H and O–H groups in total. The Balaban J connectivity index is 2.23. The number of hydrogen-bond acceptors (Lipinski definition) is 3. The fourth-order valence-electron chi connectivity index (χ4n) is 2.83. The second kappa shape index (κ2) is 5.51. The Morgan fingerprint density at radius 1 is 1.32 bits per heavy atom. The highest BCUT2D eigenvalue weighted by molar-refractivity contribution is 5.68. The van der Waals surface area contributed by atoms with Gasteiger partial charge in [0.25, 0.3) is 0 Å². The van der Waals surface area contributed by atoms with Crippen LogP contribution in [0.5, 0.6) is 11.5 Å². The lowest BCUT2D eigenvalue weighted by Gasteiger charge is -2.34. The fraction of sp³-hybridized carbons (Fsp3) is 0.533. The van der Waals surface area contributed by atoms with Gasteiger partial charge in [-0.05, 0) is 36.5 Å². The zero-order chi connectivity index (χ0) is 13.9. The third kappa shape index (κ3) is 3.19. The second-order valence-corrected chi connectivity index (χ2v) is 5.48. The lowest BCUT2D eigenvalue weighted by Crippen LogP contribution is -2.25. The molecule has 2 rings (SSSR count). The normalized spacial score (nSPS) is 17.9. The average molecular weight is 264 g/mol. The first-order valence-corrected chi connectivity index (χ1v) is 6.69. The summed E-state index contributed by atoms with van der Waals surface area (Å²) in [5, 5.41) is 18.7. The van der Waals surface area contributed by atoms with E-state index >= 15 is 0 Å². The van der Waals surface area contributed by atoms with E-state index in [4.69, 9.17) is 9.84 Å². The molecule has 19 heavy (non-hydrogen) atoms. The molecule has 0 aliphatic heterocycles. The summed E-state index contributed by atoms with van der Waals surface area (Å²) in [5.74, 6) is -0.229. The minimum absolute atomic E-state index is 0.0368. The van der Waals surface area contributed by atoms with Crippen molar-refractivity contribution in [2.75, 3.05) is 6.61 Å². The Kier molecular flexibility index (Phi) is 3.98. The van der Waals surface area contributed by atoms with Gasteiger partial charge in [0.15, 0.2) is 6.61 Å². The maximum Gasteiger partial charge on any atom is 0.341 e. The summed E-state index contributed by atoms with van der Waals surface area (Å²) < 4.78 is 5.19. The van der Waals surface area contributed by atoms with Crippen LogP contribution < -0.4 is 4.74 Å². The quantitative estimate of drug-likeness (QED) is 0.877. The van der Waals surface area contributed by atoms with Crippen molar-refractivity contribution in [2.45, 2.75) is 44.4 Å². The lowest BCUT2D eigenvalue weighted by atomic mass is 9.70. The third-order valence-corrected chi connectivity index (χ3v) is 3.94. The maximum absolute atomic E-state index is 10.5. The highest BCUT2D eigenvalue weighted by Gasteiger charge is 2.31. The van der Waals surface area contributed by atoms with Crippen molar-refractivity contribution in [1.29, 1.82) is 0 Å². The molecule has 104 valence electrons. The molecule has 0 amide bonds. The van der Waals surface area contributed by atoms with Gasteiger partial charge in [-0.2, -0.15) is 0 Å². The number of rotatable bonds is 4. The molecular formula is C15H20O4. The summed E-state index contributed by atoms with van der Waals surface area (Å²) >= 11 is 0. The Morgan fingerprint density at radius 2 is 2.00 bits per heavy atom. The minimum Gasteiger partial charge on any atom is -0.508 e. The molecule has 0 bridgehead atoms. The summed E-state index contributed by atoms with van der Waals surface area (Å²) in [7, 11) is 0. The molecule has 0 heterocycles. The number of phenols is 1. The first-order valence-electron chi connectivity index (χ1n) is 6.69. The van der Waals surface area contributed by atoms with Gasteiger partial charge in [0.1, 0.15) is 11.5 Å². The number of carboxylic acids is 1. The van der Waals surface area contributed by atoms with Crippen LogP contribution in [-0.4, -0.2) is 22.8 Å². The van der Waals surface area contributed by atoms with Crippen molar-refractivity contribution in [3.63, 3.8) is 0 Å². The molecule has 0 atom stereocenters. The number of carbonyl (C=O) groups is 1. The van der Waals surface area contributed by atoms with Gasteiger partial charge >= 0.3 is 5.97 Å². The zero-order valence-corrected chi connectivity index (χ0v) is 11.2. The first kappa shape index (κ1) is 13.7. The van der Waals surface area contributed by atoms with E-state index in [-0.39, 0.29) is 17.8 Å². The predicted octanol–water partition coefficient (Wildman–Crippen LogP) is 3.08. The molecule has 1 fully saturated rings. The van der Waals surface area contributed by atoms with E-state index in [1.165, 1.54) is 6.42 Å². The van der Waals surface area contributed by atoms with Crippen molar-refractivity contribution < 1.29 is 19.7 Å². The zero-order valence-electron chi connectivity index (χ0n) is 11.2. The predicted molar refractivity (Wildman–Crippen MR) is 71.7 cm³/mol. The Labute approximate surface area is 113 Å². The van der Waals surface area contributed by atoms with Gasteiger partial charge in [0.2, 0.25) is 0 Å². The second-order valence-electron chi connectivity index (χ2n) is 5.48. The van der Waals surface area contributed by atoms with Gasteiger partial charge < -0.3 is 14.9 Å². The molecule has 1 aliphatic rings. The van der Waals surface area contributed by atoms with Gasteiger partial charge in [-0.3, -0.25) is 0 Å². The lowest BCUT2D eigenvalue weighted by molar-refractivity contribution is -0.139. The third-order valence-electron chi connectivity index (χ3n) is 3.94. The average Bonchev–Trinajstić information content (AvgIpc) is 2.38. The summed E-state index contributed by atoms with van der Waals surface area (Å²) in [6.45, 7) is 1.79. The van der Waals surface area contributed by atoms with E-state index in [9.17, 15) is 9.90 Å². The summed E-state index contributed by atoms with van der Waals surface area (Å²) in [5.41, 5.74) is 0.834. The van der Waals surface area contributed by atoms with Crippen LogP contribution in [0.4, 0.5) is 0 Å². The van der Waals surface area contributed by atoms with E-state index in [1.54, 1.807) is 18.2 Å². The molecule has 0 saturated heterocycles. The van der Waals surface area contributed by atoms with Crippen LogP contribution in [0.1, 0.15) is 44.6 Å². The number of benzene rings is 1. The van der Waals surface area contributed by atoms with Crippen molar-refractivity contribution in [3.8, 4) is 11.5 Å². The van der Waals surface area contributed by atoms with Crippen molar-refractivity contribution in [2.24, 2.45) is 0 Å². The molecule has 1 aromatic carbocycles. The highest BCUT2D eigenvalue weighted by Crippen LogP contribution is 2.43. The van der Waals surface area contributed by atoms with Crippen LogP contribution in [0.25, 0.3) is 0 Å². The van der Waals surface area contributed by atoms with E-state index in [0.717, 1.165) is 31.2 Å².